The van der Waals surface area contributed by atoms with E-state index in [0.29, 0.717) is 0 Å². The van der Waals surface area contributed by atoms with Gasteiger partial charge in [0.1, 0.15) is 0 Å². The number of nitrogens with one attached hydrogen (secondary N) is 2. The van der Waals surface area contributed by atoms with Gasteiger partial charge in [0.05, 0.1) is 51.0 Å². The Hall–Kier alpha value is -3.73. The summed E-state index contributed by atoms with van der Waals surface area (Å²) < 4.78 is 0. The summed E-state index contributed by atoms with van der Waals surface area (Å²) in [5, 5.41) is 0. The summed E-state index contributed by atoms with van der Waals surface area (Å²) in [6.45, 7) is 18.2. The molecule has 0 fully saturated rings. The number of H-pyrrole nitrogens is 2. The Bertz CT molecular complexity index is 1750. The van der Waals surface area contributed by atoms with Gasteiger partial charge in [-0.1, -0.05) is 55.4 Å². The zero-order chi connectivity index (χ0) is 30.5. The molecule has 0 aromatic rings. The van der Waals surface area contributed by atoms with Crippen molar-refractivity contribution in [3.05, 3.63) is 76.0 Å². The van der Waals surface area contributed by atoms with E-state index in [4.69, 9.17) is 15.0 Å². The third-order valence-electron chi connectivity index (χ3n) is 10.3. The molecule has 0 radical (unpaired) electrons. The number of rotatable bonds is 8. The van der Waals surface area contributed by atoms with Crippen LogP contribution < -0.4 is 0 Å². The molecule has 0 saturated heterocycles. The fourth-order valence-electron chi connectivity index (χ4n) is 8.02. The summed E-state index contributed by atoms with van der Waals surface area (Å²) in [6.07, 6.45) is 9.77. The number of aromatic amines is 2. The van der Waals surface area contributed by atoms with E-state index in [-0.39, 0.29) is 5.41 Å². The number of hydrogen-bond donors (Lipinski definition) is 2. The van der Waals surface area contributed by atoms with Crippen LogP contribution in [0.2, 0.25) is 0 Å². The van der Waals surface area contributed by atoms with E-state index in [9.17, 15) is 0 Å². The van der Waals surface area contributed by atoms with Crippen LogP contribution in [0.4, 0.5) is 0 Å². The lowest BCUT2D eigenvalue weighted by atomic mass is 9.76. The second-order valence-corrected chi connectivity index (χ2v) is 12.0. The van der Waals surface area contributed by atoms with Crippen molar-refractivity contribution in [3.8, 4) is 11.3 Å². The molecule has 2 N–H and O–H groups in total. The highest BCUT2D eigenvalue weighted by atomic mass is 14.9. The van der Waals surface area contributed by atoms with E-state index >= 15 is 0 Å². The number of aromatic nitrogens is 5. The van der Waals surface area contributed by atoms with E-state index < -0.39 is 0 Å². The summed E-state index contributed by atoms with van der Waals surface area (Å²) in [7, 11) is 0. The summed E-state index contributed by atoms with van der Waals surface area (Å²) >= 11 is 0. The second kappa shape index (κ2) is 11.4. The lowest BCUT2D eigenvalue weighted by molar-refractivity contribution is 0.469. The lowest BCUT2D eigenvalue weighted by Gasteiger charge is -2.28. The van der Waals surface area contributed by atoms with Crippen molar-refractivity contribution in [3.63, 3.8) is 0 Å². The molecule has 0 atom stereocenters. The maximum atomic E-state index is 5.42. The van der Waals surface area contributed by atoms with Crippen molar-refractivity contribution >= 4 is 33.4 Å². The maximum absolute atomic E-state index is 5.42. The lowest BCUT2D eigenvalue weighted by Crippen LogP contribution is -2.25. The van der Waals surface area contributed by atoms with E-state index in [1.807, 2.05) is 0 Å². The van der Waals surface area contributed by atoms with E-state index in [0.717, 1.165) is 91.2 Å². The van der Waals surface area contributed by atoms with E-state index in [2.05, 4.69) is 95.8 Å². The van der Waals surface area contributed by atoms with Crippen LogP contribution >= 0.6 is 0 Å². The predicted molar refractivity (Wildman–Crippen MR) is 182 cm³/mol. The summed E-state index contributed by atoms with van der Waals surface area (Å²) in [5.41, 5.74) is 19.2. The molecule has 6 heterocycles. The van der Waals surface area contributed by atoms with Crippen LogP contribution in [0.3, 0.4) is 0 Å². The van der Waals surface area contributed by atoms with Crippen LogP contribution in [-0.2, 0) is 5.41 Å². The van der Waals surface area contributed by atoms with Gasteiger partial charge in [-0.25, -0.2) is 15.0 Å². The maximum Gasteiger partial charge on any atom is 0.0766 e. The molecule has 5 heteroatoms. The highest BCUT2D eigenvalue weighted by molar-refractivity contribution is 5.99. The van der Waals surface area contributed by atoms with Crippen molar-refractivity contribution < 1.29 is 0 Å². The van der Waals surface area contributed by atoms with E-state index in [1.165, 1.54) is 50.4 Å². The standard InChI is InChI=1S/C38H47N5/c1-9-22-23(10-2)31-20-32-26(13-5)27(14-6)35(42-32)28-17-18-39-37-36(28)43-34(38(37,15-7)16-8)21-33-25(12-4)24(11-3)30(41-33)19-29(22)40-31/h17-21,39,43H,9-16H2,1-8H3. The number of pyridine rings is 1. The number of allylic oxidation sites excluding steroid dienone is 6. The number of nitrogens with zero attached hydrogens (tertiary/aromatic N) is 3. The zero-order valence-electron chi connectivity index (χ0n) is 27.4. The Morgan fingerprint density at radius 2 is 1.00 bits per heavy atom. The third-order valence-corrected chi connectivity index (χ3v) is 10.3. The van der Waals surface area contributed by atoms with Crippen LogP contribution in [0.15, 0.2) is 30.5 Å². The van der Waals surface area contributed by atoms with Crippen LogP contribution in [0.5, 0.6) is 0 Å². The monoisotopic (exact) mass is 573 g/mol. The quantitative estimate of drug-likeness (QED) is 0.330. The molecular weight excluding hydrogens is 526 g/mol. The molecule has 43 heavy (non-hydrogen) atoms. The molecule has 0 aliphatic carbocycles. The van der Waals surface area contributed by atoms with Crippen LogP contribution in [0, 0.1) is 0 Å². The molecule has 6 rings (SSSR count). The van der Waals surface area contributed by atoms with Crippen molar-refractivity contribution in [1.82, 2.24) is 24.9 Å². The predicted octanol–water partition coefficient (Wildman–Crippen LogP) is 10.6. The first-order valence-electron chi connectivity index (χ1n) is 16.7. The van der Waals surface area contributed by atoms with Crippen molar-refractivity contribution in [2.45, 2.75) is 112 Å². The molecule has 8 bridgehead atoms. The molecule has 0 unspecified atom stereocenters. The Morgan fingerprint density at radius 3 is 1.47 bits per heavy atom. The van der Waals surface area contributed by atoms with Gasteiger partial charge in [0, 0.05) is 17.5 Å². The van der Waals surface area contributed by atoms with Crippen molar-refractivity contribution in [2.24, 2.45) is 0 Å². The van der Waals surface area contributed by atoms with Gasteiger partial charge in [-0.2, -0.15) is 0 Å². The summed E-state index contributed by atoms with van der Waals surface area (Å²) in [6, 6.07) is 9.09. The first kappa shape index (κ1) is 29.3. The average molecular weight is 574 g/mol. The van der Waals surface area contributed by atoms with Gasteiger partial charge in [-0.15, -0.1) is 0 Å². The fourth-order valence-corrected chi connectivity index (χ4v) is 8.02. The van der Waals surface area contributed by atoms with Crippen LogP contribution in [0.25, 0.3) is 44.7 Å². The zero-order valence-corrected chi connectivity index (χ0v) is 27.4. The minimum atomic E-state index is -0.145. The van der Waals surface area contributed by atoms with Crippen LogP contribution in [-0.4, -0.2) is 24.9 Å². The van der Waals surface area contributed by atoms with Gasteiger partial charge in [0.2, 0.25) is 0 Å². The highest BCUT2D eigenvalue weighted by Crippen LogP contribution is 2.49. The molecule has 6 aliphatic rings. The molecule has 0 amide bonds. The van der Waals surface area contributed by atoms with Gasteiger partial charge in [-0.3, -0.25) is 0 Å². The second-order valence-electron chi connectivity index (χ2n) is 12.0. The van der Waals surface area contributed by atoms with Crippen molar-refractivity contribution in [1.29, 1.82) is 0 Å². The van der Waals surface area contributed by atoms with E-state index in [1.54, 1.807) is 0 Å². The van der Waals surface area contributed by atoms with Gasteiger partial charge in [-0.05, 0) is 109 Å². The average Bonchev–Trinajstić information content (AvgIpc) is 3.74. The smallest absolute Gasteiger partial charge is 0.0766 e. The minimum absolute atomic E-state index is 0.145. The van der Waals surface area contributed by atoms with Gasteiger partial charge in [0.15, 0.2) is 0 Å². The SMILES string of the molecule is CCC1=C(CC)c2cc3nc(c4cc[nH]c5c-4[nH]c(cc4nc(cc1n2)C(CC)=C4CC)C5(CC)CC)C(CC)=C3CC. The van der Waals surface area contributed by atoms with Crippen molar-refractivity contribution in [2.75, 3.05) is 0 Å². The minimum Gasteiger partial charge on any atom is -0.362 e. The molecule has 5 nitrogen and oxygen atoms in total. The Labute approximate surface area is 257 Å². The molecule has 0 saturated carbocycles. The first-order chi connectivity index (χ1) is 20.9. The molecule has 6 aliphatic heterocycles. The molecule has 0 aromatic carbocycles. The van der Waals surface area contributed by atoms with Crippen LogP contribution in [0.1, 0.15) is 152 Å². The Morgan fingerprint density at radius 1 is 0.558 bits per heavy atom. The van der Waals surface area contributed by atoms with Gasteiger partial charge in [0.25, 0.3) is 0 Å². The molecular formula is C38H47N5. The third kappa shape index (κ3) is 4.29. The number of hydrogen-bond acceptors (Lipinski definition) is 3. The van der Waals surface area contributed by atoms with Gasteiger partial charge < -0.3 is 9.97 Å². The fraction of sp³-hybridized carbons (Fsp3) is 0.447. The molecule has 0 spiro atoms. The first-order valence-corrected chi connectivity index (χ1v) is 16.7. The van der Waals surface area contributed by atoms with Gasteiger partial charge >= 0.3 is 0 Å². The highest BCUT2D eigenvalue weighted by Gasteiger charge is 2.40. The summed E-state index contributed by atoms with van der Waals surface area (Å²) in [5.74, 6) is 0. The Kier molecular flexibility index (Phi) is 7.78. The molecule has 224 valence electrons. The normalized spacial score (nSPS) is 16.1. The number of fused-ring (bicyclic) bond motifs is 8. The molecule has 0 aromatic heterocycles. The summed E-state index contributed by atoms with van der Waals surface area (Å²) in [4.78, 5) is 23.7. The topological polar surface area (TPSA) is 70.2 Å². The largest absolute Gasteiger partial charge is 0.362 e. The Balaban J connectivity index is 1.82.